The molecule has 11 nitrogen and oxygen atoms in total. The molecule has 4 aromatic rings. The monoisotopic (exact) mass is 746 g/mol. The molecule has 4 atom stereocenters. The molecular weight excluding hydrogens is 697 g/mol. The van der Waals surface area contributed by atoms with E-state index in [2.05, 4.69) is 40.9 Å². The number of H-pyrrole nitrogens is 1. The van der Waals surface area contributed by atoms with Crippen LogP contribution in [0.4, 0.5) is 4.79 Å². The molecule has 6 rings (SSSR count). The van der Waals surface area contributed by atoms with Gasteiger partial charge in [0.25, 0.3) is 0 Å². The second kappa shape index (κ2) is 18.6. The molecule has 1 fully saturated rings. The van der Waals surface area contributed by atoms with Gasteiger partial charge in [-0.3, -0.25) is 9.59 Å². The number of alkyl carbamates (subject to hydrolysis) is 1. The molecule has 1 aromatic heterocycles. The van der Waals surface area contributed by atoms with Gasteiger partial charge in [0, 0.05) is 36.0 Å². The van der Waals surface area contributed by atoms with E-state index in [1.165, 1.54) is 0 Å². The minimum Gasteiger partial charge on any atom is -0.462 e. The number of ether oxygens (including phenoxy) is 2. The SMILES string of the molecule is C=CCCC(NC(=O)OCC1c2ccccc2-c2ccccc21)C(=O)OCC(Cc1c[nH]c2ccccc12)NC(=O)C(CC=C)CC(=O)N1CCCC1CO. The van der Waals surface area contributed by atoms with Gasteiger partial charge in [0.1, 0.15) is 19.3 Å². The fraction of sp³-hybridized carbons (Fsp3) is 0.364. The summed E-state index contributed by atoms with van der Waals surface area (Å²) in [5.41, 5.74) is 6.21. The highest BCUT2D eigenvalue weighted by Crippen LogP contribution is 2.44. The fourth-order valence-corrected chi connectivity index (χ4v) is 7.80. The number of aliphatic hydroxyl groups is 1. The maximum atomic E-state index is 13.8. The van der Waals surface area contributed by atoms with Crippen LogP contribution in [0.1, 0.15) is 61.1 Å². The Morgan fingerprint density at radius 2 is 1.64 bits per heavy atom. The summed E-state index contributed by atoms with van der Waals surface area (Å²) in [5.74, 6) is -2.08. The first-order valence-corrected chi connectivity index (χ1v) is 19.1. The summed E-state index contributed by atoms with van der Waals surface area (Å²) in [6.45, 7) is 7.91. The zero-order chi connectivity index (χ0) is 38.7. The van der Waals surface area contributed by atoms with Gasteiger partial charge in [-0.15, -0.1) is 13.2 Å². The number of aromatic nitrogens is 1. The van der Waals surface area contributed by atoms with E-state index in [1.807, 2.05) is 66.9 Å². The van der Waals surface area contributed by atoms with Crippen LogP contribution in [0.5, 0.6) is 0 Å². The molecule has 4 unspecified atom stereocenters. The second-order valence-electron chi connectivity index (χ2n) is 14.3. The molecule has 288 valence electrons. The minimum atomic E-state index is -1.02. The van der Waals surface area contributed by atoms with Crippen molar-refractivity contribution >= 4 is 34.8 Å². The Kier molecular flexibility index (Phi) is 13.2. The molecule has 0 bridgehead atoms. The Hall–Kier alpha value is -5.68. The van der Waals surface area contributed by atoms with E-state index in [1.54, 1.807) is 17.1 Å². The van der Waals surface area contributed by atoms with Crippen molar-refractivity contribution in [3.63, 3.8) is 0 Å². The van der Waals surface area contributed by atoms with Crippen molar-refractivity contribution < 1.29 is 33.8 Å². The van der Waals surface area contributed by atoms with Crippen molar-refractivity contribution in [1.82, 2.24) is 20.5 Å². The predicted molar refractivity (Wildman–Crippen MR) is 211 cm³/mol. The first-order chi connectivity index (χ1) is 26.8. The first-order valence-electron chi connectivity index (χ1n) is 19.1. The smallest absolute Gasteiger partial charge is 0.407 e. The quantitative estimate of drug-likeness (QED) is 0.0702. The van der Waals surface area contributed by atoms with Gasteiger partial charge < -0.3 is 35.1 Å². The van der Waals surface area contributed by atoms with Crippen molar-refractivity contribution in [3.05, 3.63) is 121 Å². The highest BCUT2D eigenvalue weighted by atomic mass is 16.6. The highest BCUT2D eigenvalue weighted by Gasteiger charge is 2.33. The van der Waals surface area contributed by atoms with Crippen molar-refractivity contribution in [2.24, 2.45) is 5.92 Å². The zero-order valence-electron chi connectivity index (χ0n) is 31.1. The van der Waals surface area contributed by atoms with E-state index in [0.717, 1.165) is 51.6 Å². The summed E-state index contributed by atoms with van der Waals surface area (Å²) in [4.78, 5) is 58.8. The third kappa shape index (κ3) is 9.35. The summed E-state index contributed by atoms with van der Waals surface area (Å²) in [5, 5.41) is 16.5. The van der Waals surface area contributed by atoms with Crippen LogP contribution in [0.2, 0.25) is 0 Å². The Labute approximate surface area is 321 Å². The molecule has 1 aliphatic heterocycles. The van der Waals surface area contributed by atoms with Gasteiger partial charge in [-0.05, 0) is 72.4 Å². The van der Waals surface area contributed by atoms with Gasteiger partial charge >= 0.3 is 12.1 Å². The number of allylic oxidation sites excluding steroid dienone is 2. The van der Waals surface area contributed by atoms with Crippen molar-refractivity contribution in [2.75, 3.05) is 26.4 Å². The number of carbonyl (C=O) groups is 4. The highest BCUT2D eigenvalue weighted by molar-refractivity contribution is 5.87. The molecule has 2 heterocycles. The summed E-state index contributed by atoms with van der Waals surface area (Å²) in [7, 11) is 0. The average Bonchev–Trinajstić information content (AvgIpc) is 3.93. The molecule has 1 aliphatic carbocycles. The molecule has 0 spiro atoms. The number of fused-ring (bicyclic) bond motifs is 4. The number of nitrogens with zero attached hydrogens (tertiary/aromatic N) is 1. The van der Waals surface area contributed by atoms with Crippen molar-refractivity contribution in [3.8, 4) is 11.1 Å². The van der Waals surface area contributed by atoms with Gasteiger partial charge in [0.15, 0.2) is 0 Å². The Morgan fingerprint density at radius 1 is 0.927 bits per heavy atom. The molecule has 2 aliphatic rings. The normalized spacial score (nSPS) is 16.4. The number of rotatable bonds is 18. The Balaban J connectivity index is 1.12. The predicted octanol–water partition coefficient (Wildman–Crippen LogP) is 6.18. The largest absolute Gasteiger partial charge is 0.462 e. The van der Waals surface area contributed by atoms with Crippen LogP contribution in [-0.4, -0.2) is 83.4 Å². The molecule has 11 heteroatoms. The van der Waals surface area contributed by atoms with Crippen molar-refractivity contribution in [1.29, 1.82) is 0 Å². The minimum absolute atomic E-state index is 0.0400. The Bertz CT molecular complexity index is 1960. The van der Waals surface area contributed by atoms with E-state index >= 15 is 0 Å². The molecular formula is C44H50N4O7. The van der Waals surface area contributed by atoms with Gasteiger partial charge in [-0.2, -0.15) is 0 Å². The van der Waals surface area contributed by atoms with Crippen molar-refractivity contribution in [2.45, 2.75) is 69.0 Å². The van der Waals surface area contributed by atoms with Crippen LogP contribution < -0.4 is 10.6 Å². The maximum Gasteiger partial charge on any atom is 0.407 e. The number of likely N-dealkylation sites (tertiary alicyclic amines) is 1. The first kappa shape index (κ1) is 39.0. The van der Waals surface area contributed by atoms with Gasteiger partial charge in [0.05, 0.1) is 24.6 Å². The molecule has 4 N–H and O–H groups in total. The van der Waals surface area contributed by atoms with E-state index < -0.39 is 30.1 Å². The number of hydrogen-bond donors (Lipinski definition) is 4. The van der Waals surface area contributed by atoms with E-state index in [-0.39, 0.29) is 62.9 Å². The number of hydrogen-bond acceptors (Lipinski definition) is 7. The molecule has 1 saturated heterocycles. The second-order valence-corrected chi connectivity index (χ2v) is 14.3. The lowest BCUT2D eigenvalue weighted by Gasteiger charge is -2.26. The summed E-state index contributed by atoms with van der Waals surface area (Å²) >= 11 is 0. The molecule has 3 amide bonds. The molecule has 55 heavy (non-hydrogen) atoms. The van der Waals surface area contributed by atoms with Gasteiger partial charge in [0.2, 0.25) is 11.8 Å². The topological polar surface area (TPSA) is 150 Å². The van der Waals surface area contributed by atoms with Gasteiger partial charge in [-0.1, -0.05) is 78.9 Å². The number of amides is 3. The number of aromatic amines is 1. The van der Waals surface area contributed by atoms with Gasteiger partial charge in [-0.25, -0.2) is 9.59 Å². The van der Waals surface area contributed by atoms with Crippen LogP contribution in [-0.2, 0) is 30.3 Å². The average molecular weight is 747 g/mol. The Morgan fingerprint density at radius 3 is 2.35 bits per heavy atom. The molecule has 0 radical (unpaired) electrons. The third-order valence-electron chi connectivity index (χ3n) is 10.6. The van der Waals surface area contributed by atoms with E-state index in [0.29, 0.717) is 19.4 Å². The molecule has 3 aromatic carbocycles. The number of benzene rings is 3. The van der Waals surface area contributed by atoms with Crippen LogP contribution in [0.15, 0.2) is 104 Å². The standard InChI is InChI=1S/C44H50N4O7/c1-3-5-20-40(47-44(53)55-28-38-36-18-8-6-16-34(36)35-17-7-9-19-37(35)38)43(52)54-27-31(23-30-25-45-39-21-11-10-15-33(30)39)46-42(51)29(13-4-2)24-41(50)48-22-12-14-32(48)26-49/h3-4,6-11,15-19,21,25,29,31-32,38,40,45,49H,1-2,5,12-14,20,22-24,26-28H2,(H,46,51)(H,47,53). The summed E-state index contributed by atoms with van der Waals surface area (Å²) < 4.78 is 11.6. The number of carbonyl (C=O) groups excluding carboxylic acids is 4. The number of nitrogens with one attached hydrogen (secondary N) is 3. The number of para-hydroxylation sites is 1. The van der Waals surface area contributed by atoms with E-state index in [4.69, 9.17) is 9.47 Å². The lowest BCUT2D eigenvalue weighted by atomic mass is 9.97. The summed E-state index contributed by atoms with van der Waals surface area (Å²) in [6.07, 6.45) is 7.15. The zero-order valence-corrected chi connectivity index (χ0v) is 31.1. The maximum absolute atomic E-state index is 13.8. The fourth-order valence-electron chi connectivity index (χ4n) is 7.80. The number of aliphatic hydroxyl groups excluding tert-OH is 1. The lowest BCUT2D eigenvalue weighted by molar-refractivity contribution is -0.147. The summed E-state index contributed by atoms with van der Waals surface area (Å²) in [6, 6.07) is 22.0. The van der Waals surface area contributed by atoms with Crippen LogP contribution >= 0.6 is 0 Å². The number of esters is 1. The van der Waals surface area contributed by atoms with Crippen LogP contribution in [0.25, 0.3) is 22.0 Å². The molecule has 0 saturated carbocycles. The van der Waals surface area contributed by atoms with Crippen LogP contribution in [0, 0.1) is 5.92 Å². The lowest BCUT2D eigenvalue weighted by Crippen LogP contribution is -2.47. The van der Waals surface area contributed by atoms with Crippen LogP contribution in [0.3, 0.4) is 0 Å². The third-order valence-corrected chi connectivity index (χ3v) is 10.6. The van der Waals surface area contributed by atoms with E-state index in [9.17, 15) is 24.3 Å².